The summed E-state index contributed by atoms with van der Waals surface area (Å²) in [6.07, 6.45) is 11.5. The van der Waals surface area contributed by atoms with Gasteiger partial charge in [0.15, 0.2) is 0 Å². The number of hydrogen-bond acceptors (Lipinski definition) is 4. The Morgan fingerprint density at radius 3 is 2.38 bits per heavy atom. The molecule has 86 valence electrons. The average Bonchev–Trinajstić information content (AvgIpc) is 2.29. The predicted molar refractivity (Wildman–Crippen MR) is 63.1 cm³/mol. The van der Waals surface area contributed by atoms with E-state index in [9.17, 15) is 0 Å². The van der Waals surface area contributed by atoms with Crippen LogP contribution in [-0.4, -0.2) is 28.1 Å². The van der Waals surface area contributed by atoms with Crippen LogP contribution in [0.2, 0.25) is 0 Å². The van der Waals surface area contributed by atoms with Crippen LogP contribution in [0.3, 0.4) is 0 Å². The molecule has 4 heteroatoms. The zero-order valence-electron chi connectivity index (χ0n) is 9.42. The minimum absolute atomic E-state index is 0.385. The predicted octanol–water partition coefficient (Wildman–Crippen LogP) is 1.33. The molecule has 0 saturated carbocycles. The molecule has 2 saturated heterocycles. The number of hydrogen-bond donors (Lipinski definition) is 1. The third-order valence-corrected chi connectivity index (χ3v) is 3.86. The lowest BCUT2D eigenvalue weighted by Crippen LogP contribution is -2.55. The van der Waals surface area contributed by atoms with Gasteiger partial charge in [0.2, 0.25) is 0 Å². The fourth-order valence-corrected chi connectivity index (χ4v) is 3.27. The van der Waals surface area contributed by atoms with Gasteiger partial charge in [0.25, 0.3) is 0 Å². The van der Waals surface area contributed by atoms with Crippen LogP contribution in [-0.2, 0) is 0 Å². The molecule has 2 unspecified atom stereocenters. The monoisotopic (exact) mass is 218 g/mol. The maximum atomic E-state index is 6.11. The second-order valence-corrected chi connectivity index (χ2v) is 4.97. The molecule has 3 rings (SSSR count). The summed E-state index contributed by atoms with van der Waals surface area (Å²) in [7, 11) is 0. The molecule has 1 aromatic rings. The molecule has 0 aromatic carbocycles. The Kier molecular flexibility index (Phi) is 2.52. The summed E-state index contributed by atoms with van der Waals surface area (Å²) in [6.45, 7) is 0. The maximum absolute atomic E-state index is 6.11. The SMILES string of the molecule is NC1CC2CCCC(C1)N2c1cncnc1. The number of nitrogens with two attached hydrogens (primary N) is 1. The van der Waals surface area contributed by atoms with Crippen molar-refractivity contribution >= 4 is 5.69 Å². The molecule has 2 N–H and O–H groups in total. The number of nitrogens with zero attached hydrogens (tertiary/aromatic N) is 3. The van der Waals surface area contributed by atoms with Crippen LogP contribution in [0.4, 0.5) is 5.69 Å². The van der Waals surface area contributed by atoms with E-state index in [4.69, 9.17) is 5.73 Å². The Labute approximate surface area is 95.9 Å². The molecular weight excluding hydrogens is 200 g/mol. The van der Waals surface area contributed by atoms with E-state index in [1.54, 1.807) is 6.33 Å². The van der Waals surface area contributed by atoms with Gasteiger partial charge >= 0.3 is 0 Å². The van der Waals surface area contributed by atoms with Gasteiger partial charge in [-0.1, -0.05) is 0 Å². The van der Waals surface area contributed by atoms with Gasteiger partial charge in [0.1, 0.15) is 6.33 Å². The van der Waals surface area contributed by atoms with Crippen LogP contribution in [0.1, 0.15) is 32.1 Å². The summed E-state index contributed by atoms with van der Waals surface area (Å²) in [5.74, 6) is 0. The van der Waals surface area contributed by atoms with E-state index in [0.717, 1.165) is 12.8 Å². The molecule has 2 aliphatic heterocycles. The number of aromatic nitrogens is 2. The van der Waals surface area contributed by atoms with E-state index >= 15 is 0 Å². The lowest BCUT2D eigenvalue weighted by molar-refractivity contribution is 0.271. The molecule has 16 heavy (non-hydrogen) atoms. The Balaban J connectivity index is 1.89. The number of anilines is 1. The summed E-state index contributed by atoms with van der Waals surface area (Å²) >= 11 is 0. The summed E-state index contributed by atoms with van der Waals surface area (Å²) in [6, 6.07) is 1.60. The van der Waals surface area contributed by atoms with Crippen molar-refractivity contribution in [3.63, 3.8) is 0 Å². The fourth-order valence-electron chi connectivity index (χ4n) is 3.27. The van der Waals surface area contributed by atoms with E-state index in [2.05, 4.69) is 14.9 Å². The number of piperidine rings is 2. The molecular formula is C12H18N4. The van der Waals surface area contributed by atoms with Gasteiger partial charge in [-0.05, 0) is 32.1 Å². The van der Waals surface area contributed by atoms with Crippen LogP contribution in [0.25, 0.3) is 0 Å². The zero-order valence-corrected chi connectivity index (χ0v) is 9.42. The highest BCUT2D eigenvalue weighted by molar-refractivity contribution is 5.45. The van der Waals surface area contributed by atoms with Gasteiger partial charge in [-0.25, -0.2) is 9.97 Å². The molecule has 1 aromatic heterocycles. The lowest BCUT2D eigenvalue weighted by Gasteiger charge is -2.49. The summed E-state index contributed by atoms with van der Waals surface area (Å²) < 4.78 is 0. The Morgan fingerprint density at radius 1 is 1.12 bits per heavy atom. The minimum atomic E-state index is 0.385. The first-order chi connectivity index (χ1) is 7.84. The van der Waals surface area contributed by atoms with Gasteiger partial charge in [0, 0.05) is 18.1 Å². The smallest absolute Gasteiger partial charge is 0.115 e. The molecule has 0 spiro atoms. The fraction of sp³-hybridized carbons (Fsp3) is 0.667. The Morgan fingerprint density at radius 2 is 1.75 bits per heavy atom. The molecule has 2 aliphatic rings. The van der Waals surface area contributed by atoms with Crippen molar-refractivity contribution in [2.75, 3.05) is 4.90 Å². The van der Waals surface area contributed by atoms with E-state index in [1.807, 2.05) is 12.4 Å². The first-order valence-corrected chi connectivity index (χ1v) is 6.13. The Bertz CT molecular complexity index is 339. The molecule has 0 aliphatic carbocycles. The molecule has 0 amide bonds. The summed E-state index contributed by atoms with van der Waals surface area (Å²) in [5, 5.41) is 0. The second-order valence-electron chi connectivity index (χ2n) is 4.97. The Hall–Kier alpha value is -1.16. The maximum Gasteiger partial charge on any atom is 0.115 e. The van der Waals surface area contributed by atoms with E-state index in [1.165, 1.54) is 24.9 Å². The topological polar surface area (TPSA) is 55.0 Å². The average molecular weight is 218 g/mol. The van der Waals surface area contributed by atoms with Crippen LogP contribution in [0.5, 0.6) is 0 Å². The van der Waals surface area contributed by atoms with Crippen LogP contribution >= 0.6 is 0 Å². The van der Waals surface area contributed by atoms with Crippen LogP contribution < -0.4 is 10.6 Å². The lowest BCUT2D eigenvalue weighted by atomic mass is 9.82. The largest absolute Gasteiger partial charge is 0.363 e. The van der Waals surface area contributed by atoms with Crippen molar-refractivity contribution in [2.45, 2.75) is 50.2 Å². The number of fused-ring (bicyclic) bond motifs is 2. The second kappa shape index (κ2) is 4.01. The molecule has 2 bridgehead atoms. The summed E-state index contributed by atoms with van der Waals surface area (Å²) in [5.41, 5.74) is 7.28. The van der Waals surface area contributed by atoms with Gasteiger partial charge in [-0.2, -0.15) is 0 Å². The normalized spacial score (nSPS) is 33.8. The highest BCUT2D eigenvalue weighted by Gasteiger charge is 2.37. The van der Waals surface area contributed by atoms with Crippen molar-refractivity contribution < 1.29 is 0 Å². The summed E-state index contributed by atoms with van der Waals surface area (Å²) in [4.78, 5) is 10.8. The molecule has 2 atom stereocenters. The molecule has 2 fully saturated rings. The van der Waals surface area contributed by atoms with Gasteiger partial charge in [-0.15, -0.1) is 0 Å². The minimum Gasteiger partial charge on any atom is -0.363 e. The van der Waals surface area contributed by atoms with Crippen molar-refractivity contribution in [2.24, 2.45) is 5.73 Å². The zero-order chi connectivity index (χ0) is 11.0. The van der Waals surface area contributed by atoms with Crippen molar-refractivity contribution in [1.29, 1.82) is 0 Å². The molecule has 0 radical (unpaired) electrons. The van der Waals surface area contributed by atoms with Gasteiger partial charge in [0.05, 0.1) is 18.1 Å². The van der Waals surface area contributed by atoms with E-state index < -0.39 is 0 Å². The van der Waals surface area contributed by atoms with Crippen LogP contribution in [0.15, 0.2) is 18.7 Å². The standard InChI is InChI=1S/C12H18N4/c13-9-4-10-2-1-3-11(5-9)16(10)12-6-14-8-15-7-12/h6-11H,1-5,13H2. The van der Waals surface area contributed by atoms with Crippen molar-refractivity contribution in [3.8, 4) is 0 Å². The van der Waals surface area contributed by atoms with Gasteiger partial charge in [-0.3, -0.25) is 0 Å². The highest BCUT2D eigenvalue weighted by Crippen LogP contribution is 2.36. The quantitative estimate of drug-likeness (QED) is 0.772. The van der Waals surface area contributed by atoms with E-state index in [0.29, 0.717) is 18.1 Å². The third-order valence-electron chi connectivity index (χ3n) is 3.86. The van der Waals surface area contributed by atoms with Crippen molar-refractivity contribution in [3.05, 3.63) is 18.7 Å². The van der Waals surface area contributed by atoms with E-state index in [-0.39, 0.29) is 0 Å². The first-order valence-electron chi connectivity index (χ1n) is 6.13. The van der Waals surface area contributed by atoms with Crippen molar-refractivity contribution in [1.82, 2.24) is 9.97 Å². The van der Waals surface area contributed by atoms with Gasteiger partial charge < -0.3 is 10.6 Å². The number of rotatable bonds is 1. The third kappa shape index (κ3) is 1.67. The first kappa shape index (κ1) is 10.0. The molecule has 4 nitrogen and oxygen atoms in total. The highest BCUT2D eigenvalue weighted by atomic mass is 15.2. The molecule has 3 heterocycles. The van der Waals surface area contributed by atoms with Crippen LogP contribution in [0, 0.1) is 0 Å².